The Morgan fingerprint density at radius 2 is 2.00 bits per heavy atom. The van der Waals surface area contributed by atoms with E-state index in [0.29, 0.717) is 21.9 Å². The van der Waals surface area contributed by atoms with Crippen LogP contribution in [-0.2, 0) is 4.79 Å². The summed E-state index contributed by atoms with van der Waals surface area (Å²) in [5.41, 5.74) is 0.825. The van der Waals surface area contributed by atoms with Crippen LogP contribution in [0.2, 0.25) is 5.02 Å². The molecule has 2 aromatic rings. The average molecular weight is 394 g/mol. The number of nitrogen functional groups attached to an aromatic ring is 1. The number of nitrogens with zero attached hydrogens (tertiary/aromatic N) is 3. The highest BCUT2D eigenvalue weighted by atomic mass is 35.5. The molecule has 0 unspecified atom stereocenters. The lowest BCUT2D eigenvalue weighted by molar-refractivity contribution is -0.120. The van der Waals surface area contributed by atoms with Crippen LogP contribution in [0.15, 0.2) is 29.4 Å². The zero-order chi connectivity index (χ0) is 18.5. The summed E-state index contributed by atoms with van der Waals surface area (Å²) in [4.78, 5) is 12.4. The van der Waals surface area contributed by atoms with Crippen LogP contribution >= 0.6 is 23.4 Å². The van der Waals surface area contributed by atoms with Gasteiger partial charge in [0.15, 0.2) is 5.82 Å². The summed E-state index contributed by atoms with van der Waals surface area (Å²) in [6.07, 6.45) is 6.29. The number of carbonyl (C=O) groups is 1. The van der Waals surface area contributed by atoms with Gasteiger partial charge in [-0.25, -0.2) is 4.68 Å². The second kappa shape index (κ2) is 8.77. The number of nitrogens with two attached hydrogens (primary N) is 1. The third-order valence-corrected chi connectivity index (χ3v) is 6.02. The molecule has 3 rings (SSSR count). The first-order chi connectivity index (χ1) is 12.5. The van der Waals surface area contributed by atoms with Crippen molar-refractivity contribution in [1.29, 1.82) is 0 Å². The lowest BCUT2D eigenvalue weighted by atomic mass is 9.89. The van der Waals surface area contributed by atoms with E-state index in [1.54, 1.807) is 12.1 Å². The van der Waals surface area contributed by atoms with Gasteiger partial charge >= 0.3 is 0 Å². The van der Waals surface area contributed by atoms with Crippen molar-refractivity contribution in [3.05, 3.63) is 29.3 Å². The molecular formula is C18H24ClN5OS. The fourth-order valence-corrected chi connectivity index (χ4v) is 4.07. The zero-order valence-corrected chi connectivity index (χ0v) is 16.4. The number of hydrogen-bond acceptors (Lipinski definition) is 5. The highest BCUT2D eigenvalue weighted by Gasteiger charge is 2.21. The second-order valence-corrected chi connectivity index (χ2v) is 8.44. The van der Waals surface area contributed by atoms with E-state index in [0.717, 1.165) is 12.1 Å². The van der Waals surface area contributed by atoms with Crippen molar-refractivity contribution < 1.29 is 4.79 Å². The Balaban J connectivity index is 1.57. The topological polar surface area (TPSA) is 85.8 Å². The summed E-state index contributed by atoms with van der Waals surface area (Å²) < 4.78 is 1.42. The maximum atomic E-state index is 12.4. The number of nitrogens with one attached hydrogen (secondary N) is 1. The number of thioether (sulfide) groups is 1. The van der Waals surface area contributed by atoms with Gasteiger partial charge in [-0.05, 0) is 49.9 Å². The minimum absolute atomic E-state index is 0.0108. The van der Waals surface area contributed by atoms with E-state index in [4.69, 9.17) is 17.4 Å². The van der Waals surface area contributed by atoms with Gasteiger partial charge in [-0.3, -0.25) is 4.79 Å². The molecule has 1 heterocycles. The molecule has 1 fully saturated rings. The van der Waals surface area contributed by atoms with Crippen LogP contribution in [0.3, 0.4) is 0 Å². The van der Waals surface area contributed by atoms with Gasteiger partial charge in [-0.1, -0.05) is 42.6 Å². The predicted molar refractivity (Wildman–Crippen MR) is 106 cm³/mol. The molecule has 1 aromatic carbocycles. The summed E-state index contributed by atoms with van der Waals surface area (Å²) in [6.45, 7) is 2.62. The van der Waals surface area contributed by atoms with Gasteiger partial charge in [-0.2, -0.15) is 0 Å². The molecule has 140 valence electrons. The highest BCUT2D eigenvalue weighted by Crippen LogP contribution is 2.26. The Bertz CT molecular complexity index is 743. The molecule has 0 radical (unpaired) electrons. The van der Waals surface area contributed by atoms with Gasteiger partial charge in [0.25, 0.3) is 0 Å². The van der Waals surface area contributed by atoms with E-state index < -0.39 is 0 Å². The Kier molecular flexibility index (Phi) is 6.43. The molecule has 1 amide bonds. The molecule has 0 spiro atoms. The standard InChI is InChI=1S/C18H24ClN5OS/c1-12(17(25)21-11-13-5-3-2-4-6-13)26-18-23-22-16(24(18)20)14-7-9-15(19)10-8-14/h7-10,12-13H,2-6,11,20H2,1H3,(H,21,25)/t12-/m1/s1. The number of rotatable bonds is 6. The van der Waals surface area contributed by atoms with Gasteiger partial charge in [0.2, 0.25) is 11.1 Å². The van der Waals surface area contributed by atoms with Crippen LogP contribution < -0.4 is 11.2 Å². The number of amides is 1. The van der Waals surface area contributed by atoms with Crippen LogP contribution in [0.25, 0.3) is 11.4 Å². The molecule has 3 N–H and O–H groups in total. The first-order valence-electron chi connectivity index (χ1n) is 8.95. The summed E-state index contributed by atoms with van der Waals surface area (Å²) >= 11 is 7.22. The van der Waals surface area contributed by atoms with Gasteiger partial charge in [0, 0.05) is 17.1 Å². The third kappa shape index (κ3) is 4.71. The summed E-state index contributed by atoms with van der Waals surface area (Å²) in [6, 6.07) is 7.23. The molecule has 1 aliphatic carbocycles. The van der Waals surface area contributed by atoms with Crippen LogP contribution in [0, 0.1) is 5.92 Å². The Morgan fingerprint density at radius 1 is 1.31 bits per heavy atom. The molecule has 0 saturated heterocycles. The SMILES string of the molecule is C[C@@H](Sc1nnc(-c2ccc(Cl)cc2)n1N)C(=O)NCC1CCCCC1. The number of halogens is 1. The Morgan fingerprint density at radius 3 is 2.69 bits per heavy atom. The average Bonchev–Trinajstić information content (AvgIpc) is 3.01. The predicted octanol–water partition coefficient (Wildman–Crippen LogP) is 3.49. The van der Waals surface area contributed by atoms with Crippen molar-refractivity contribution in [3.8, 4) is 11.4 Å². The van der Waals surface area contributed by atoms with Gasteiger partial charge in [-0.15, -0.1) is 10.2 Å². The number of hydrogen-bond donors (Lipinski definition) is 2. The molecule has 1 aliphatic rings. The summed E-state index contributed by atoms with van der Waals surface area (Å²) in [7, 11) is 0. The highest BCUT2D eigenvalue weighted by molar-refractivity contribution is 8.00. The van der Waals surface area contributed by atoms with E-state index in [1.165, 1.54) is 48.5 Å². The van der Waals surface area contributed by atoms with Crippen molar-refractivity contribution in [1.82, 2.24) is 20.2 Å². The van der Waals surface area contributed by atoms with Crippen molar-refractivity contribution in [2.24, 2.45) is 5.92 Å². The fraction of sp³-hybridized carbons (Fsp3) is 0.500. The van der Waals surface area contributed by atoms with E-state index in [1.807, 2.05) is 19.1 Å². The van der Waals surface area contributed by atoms with Crippen LogP contribution in [0.1, 0.15) is 39.0 Å². The zero-order valence-electron chi connectivity index (χ0n) is 14.8. The molecule has 1 atom stereocenters. The first-order valence-corrected chi connectivity index (χ1v) is 10.2. The minimum Gasteiger partial charge on any atom is -0.355 e. The summed E-state index contributed by atoms with van der Waals surface area (Å²) in [5.74, 6) is 7.28. The number of carbonyl (C=O) groups excluding carboxylic acids is 1. The molecule has 0 aliphatic heterocycles. The Labute approximate surface area is 162 Å². The van der Waals surface area contributed by atoms with Gasteiger partial charge < -0.3 is 11.2 Å². The number of benzene rings is 1. The lowest BCUT2D eigenvalue weighted by Gasteiger charge is -2.22. The van der Waals surface area contributed by atoms with Crippen LogP contribution in [-0.4, -0.2) is 32.6 Å². The largest absolute Gasteiger partial charge is 0.355 e. The second-order valence-electron chi connectivity index (χ2n) is 6.69. The quantitative estimate of drug-likeness (QED) is 0.579. The normalized spacial score (nSPS) is 16.4. The summed E-state index contributed by atoms with van der Waals surface area (Å²) in [5, 5.41) is 12.2. The molecule has 26 heavy (non-hydrogen) atoms. The molecule has 1 saturated carbocycles. The molecule has 6 nitrogen and oxygen atoms in total. The van der Waals surface area contributed by atoms with Crippen molar-refractivity contribution >= 4 is 29.3 Å². The minimum atomic E-state index is -0.289. The van der Waals surface area contributed by atoms with E-state index in [2.05, 4.69) is 15.5 Å². The third-order valence-electron chi connectivity index (χ3n) is 4.71. The smallest absolute Gasteiger partial charge is 0.233 e. The van der Waals surface area contributed by atoms with Gasteiger partial charge in [0.05, 0.1) is 5.25 Å². The maximum Gasteiger partial charge on any atom is 0.233 e. The van der Waals surface area contributed by atoms with Crippen molar-refractivity contribution in [2.75, 3.05) is 12.4 Å². The van der Waals surface area contributed by atoms with Crippen LogP contribution in [0.4, 0.5) is 0 Å². The molecule has 0 bridgehead atoms. The monoisotopic (exact) mass is 393 g/mol. The first kappa shape index (κ1) is 19.0. The van der Waals surface area contributed by atoms with E-state index in [-0.39, 0.29) is 11.2 Å². The van der Waals surface area contributed by atoms with Crippen molar-refractivity contribution in [2.45, 2.75) is 49.4 Å². The van der Waals surface area contributed by atoms with E-state index in [9.17, 15) is 4.79 Å². The maximum absolute atomic E-state index is 12.4. The Hall–Kier alpha value is -1.73. The van der Waals surface area contributed by atoms with Crippen molar-refractivity contribution in [3.63, 3.8) is 0 Å². The molecular weight excluding hydrogens is 370 g/mol. The number of aromatic nitrogens is 3. The van der Waals surface area contributed by atoms with Crippen LogP contribution in [0.5, 0.6) is 0 Å². The van der Waals surface area contributed by atoms with E-state index >= 15 is 0 Å². The molecule has 8 heteroatoms. The lowest BCUT2D eigenvalue weighted by Crippen LogP contribution is -2.35. The molecule has 1 aromatic heterocycles. The van der Waals surface area contributed by atoms with Gasteiger partial charge in [0.1, 0.15) is 0 Å². The fourth-order valence-electron chi connectivity index (χ4n) is 3.14.